The van der Waals surface area contributed by atoms with Crippen LogP contribution in [0.4, 0.5) is 5.69 Å². The molecule has 202 valence electrons. The molecule has 0 radical (unpaired) electrons. The number of non-ortho nitro benzene ring substituents is 1. The summed E-state index contributed by atoms with van der Waals surface area (Å²) in [6.07, 6.45) is 0. The van der Waals surface area contributed by atoms with Crippen molar-refractivity contribution < 1.29 is 24.0 Å². The molecule has 39 heavy (non-hydrogen) atoms. The summed E-state index contributed by atoms with van der Waals surface area (Å²) in [5.74, 6) is -1.26. The second kappa shape index (κ2) is 11.6. The average molecular weight is 552 g/mol. The van der Waals surface area contributed by atoms with Crippen molar-refractivity contribution in [3.8, 4) is 11.3 Å². The van der Waals surface area contributed by atoms with Crippen LogP contribution in [0.15, 0.2) is 48.5 Å². The first-order chi connectivity index (χ1) is 18.6. The van der Waals surface area contributed by atoms with Crippen LogP contribution in [0.3, 0.4) is 0 Å². The predicted molar refractivity (Wildman–Crippen MR) is 143 cm³/mol. The Hall–Kier alpha value is -4.38. The number of carbonyl (C=O) groups is 3. The summed E-state index contributed by atoms with van der Waals surface area (Å²) in [6.45, 7) is 5.73. The molecular formula is C27H26ClN5O6. The SMILES string of the molecule is CCOC(=O)c1c(C(=O)N2CCN(C(=O)c3ccc([N+](=O)[O-])cc3Cl)C(C)C2)nc(C)nc1-c1ccccc1. The lowest BCUT2D eigenvalue weighted by Crippen LogP contribution is -2.55. The third kappa shape index (κ3) is 5.73. The molecule has 1 atom stereocenters. The van der Waals surface area contributed by atoms with Crippen molar-refractivity contribution in [3.05, 3.63) is 86.3 Å². The van der Waals surface area contributed by atoms with Gasteiger partial charge in [0.1, 0.15) is 17.1 Å². The summed E-state index contributed by atoms with van der Waals surface area (Å²) < 4.78 is 5.26. The number of aryl methyl sites for hydroxylation is 1. The van der Waals surface area contributed by atoms with Crippen LogP contribution in [0.1, 0.15) is 50.9 Å². The van der Waals surface area contributed by atoms with E-state index in [-0.39, 0.29) is 53.8 Å². The molecule has 2 amide bonds. The van der Waals surface area contributed by atoms with Gasteiger partial charge in [0.25, 0.3) is 17.5 Å². The number of nitrogens with zero attached hydrogens (tertiary/aromatic N) is 5. The molecule has 1 aliphatic heterocycles. The molecule has 11 nitrogen and oxygen atoms in total. The number of halogens is 1. The van der Waals surface area contributed by atoms with Crippen molar-refractivity contribution in [2.75, 3.05) is 26.2 Å². The molecule has 0 spiro atoms. The van der Waals surface area contributed by atoms with Crippen LogP contribution in [-0.2, 0) is 4.74 Å². The van der Waals surface area contributed by atoms with E-state index < -0.39 is 28.7 Å². The second-order valence-corrected chi connectivity index (χ2v) is 9.36. The Morgan fingerprint density at radius 1 is 1.10 bits per heavy atom. The van der Waals surface area contributed by atoms with E-state index in [0.717, 1.165) is 6.07 Å². The van der Waals surface area contributed by atoms with Crippen LogP contribution in [-0.4, -0.2) is 74.8 Å². The molecule has 0 N–H and O–H groups in total. The molecule has 12 heteroatoms. The van der Waals surface area contributed by atoms with Gasteiger partial charge in [0, 0.05) is 43.4 Å². The Balaban J connectivity index is 1.62. The van der Waals surface area contributed by atoms with Crippen LogP contribution >= 0.6 is 11.6 Å². The maximum atomic E-state index is 13.8. The van der Waals surface area contributed by atoms with Gasteiger partial charge in [-0.15, -0.1) is 0 Å². The number of hydrogen-bond acceptors (Lipinski definition) is 8. The van der Waals surface area contributed by atoms with E-state index >= 15 is 0 Å². The summed E-state index contributed by atoms with van der Waals surface area (Å²) in [6, 6.07) is 12.3. The predicted octanol–water partition coefficient (Wildman–Crippen LogP) is 4.18. The topological polar surface area (TPSA) is 136 Å². The molecule has 1 aliphatic rings. The van der Waals surface area contributed by atoms with Crippen LogP contribution in [0.2, 0.25) is 5.02 Å². The lowest BCUT2D eigenvalue weighted by molar-refractivity contribution is -0.384. The minimum absolute atomic E-state index is 0.0116. The van der Waals surface area contributed by atoms with Crippen LogP contribution in [0.25, 0.3) is 11.3 Å². The monoisotopic (exact) mass is 551 g/mol. The Morgan fingerprint density at radius 3 is 2.44 bits per heavy atom. The summed E-state index contributed by atoms with van der Waals surface area (Å²) in [4.78, 5) is 62.3. The van der Waals surface area contributed by atoms with Gasteiger partial charge in [0.2, 0.25) is 0 Å². The maximum absolute atomic E-state index is 13.8. The highest BCUT2D eigenvalue weighted by molar-refractivity contribution is 6.34. The maximum Gasteiger partial charge on any atom is 0.342 e. The van der Waals surface area contributed by atoms with Crippen molar-refractivity contribution in [2.45, 2.75) is 26.8 Å². The molecule has 2 aromatic carbocycles. The van der Waals surface area contributed by atoms with E-state index in [4.69, 9.17) is 16.3 Å². The summed E-state index contributed by atoms with van der Waals surface area (Å²) >= 11 is 6.17. The fourth-order valence-corrected chi connectivity index (χ4v) is 4.72. The highest BCUT2D eigenvalue weighted by atomic mass is 35.5. The molecule has 4 rings (SSSR count). The number of piperazine rings is 1. The van der Waals surface area contributed by atoms with Gasteiger partial charge in [-0.25, -0.2) is 14.8 Å². The lowest BCUT2D eigenvalue weighted by Gasteiger charge is -2.40. The average Bonchev–Trinajstić information content (AvgIpc) is 2.92. The van der Waals surface area contributed by atoms with Crippen LogP contribution < -0.4 is 0 Å². The fourth-order valence-electron chi connectivity index (χ4n) is 4.47. The molecule has 0 bridgehead atoms. The van der Waals surface area contributed by atoms with Gasteiger partial charge in [-0.05, 0) is 26.8 Å². The highest BCUT2D eigenvalue weighted by Gasteiger charge is 2.35. The largest absolute Gasteiger partial charge is 0.462 e. The van der Waals surface area contributed by atoms with Gasteiger partial charge in [0.15, 0.2) is 0 Å². The van der Waals surface area contributed by atoms with Crippen molar-refractivity contribution >= 4 is 35.1 Å². The van der Waals surface area contributed by atoms with Gasteiger partial charge in [-0.3, -0.25) is 19.7 Å². The smallest absolute Gasteiger partial charge is 0.342 e. The zero-order valence-corrected chi connectivity index (χ0v) is 22.3. The number of ether oxygens (including phenoxy) is 1. The molecule has 2 heterocycles. The van der Waals surface area contributed by atoms with E-state index in [0.29, 0.717) is 17.1 Å². The van der Waals surface area contributed by atoms with Crippen molar-refractivity contribution in [2.24, 2.45) is 0 Å². The molecule has 1 fully saturated rings. The molecular weight excluding hydrogens is 526 g/mol. The number of aromatic nitrogens is 2. The van der Waals surface area contributed by atoms with Gasteiger partial charge < -0.3 is 14.5 Å². The first-order valence-corrected chi connectivity index (χ1v) is 12.7. The third-order valence-corrected chi connectivity index (χ3v) is 6.63. The number of hydrogen-bond donors (Lipinski definition) is 0. The van der Waals surface area contributed by atoms with Crippen molar-refractivity contribution in [1.29, 1.82) is 0 Å². The zero-order chi connectivity index (χ0) is 28.3. The van der Waals surface area contributed by atoms with E-state index in [9.17, 15) is 24.5 Å². The zero-order valence-electron chi connectivity index (χ0n) is 21.6. The first kappa shape index (κ1) is 27.6. The quantitative estimate of drug-likeness (QED) is 0.253. The van der Waals surface area contributed by atoms with Gasteiger partial charge in [0.05, 0.1) is 27.8 Å². The van der Waals surface area contributed by atoms with Crippen LogP contribution in [0, 0.1) is 17.0 Å². The Morgan fingerprint density at radius 2 is 1.82 bits per heavy atom. The molecule has 0 aliphatic carbocycles. The van der Waals surface area contributed by atoms with Gasteiger partial charge in [-0.2, -0.15) is 0 Å². The van der Waals surface area contributed by atoms with E-state index in [1.54, 1.807) is 49.9 Å². The first-order valence-electron chi connectivity index (χ1n) is 12.3. The molecule has 1 unspecified atom stereocenters. The minimum atomic E-state index is -0.700. The number of nitro groups is 1. The Labute approximate surface area is 229 Å². The number of rotatable bonds is 6. The number of carbonyl (C=O) groups excluding carboxylic acids is 3. The highest BCUT2D eigenvalue weighted by Crippen LogP contribution is 2.28. The molecule has 3 aromatic rings. The van der Waals surface area contributed by atoms with Gasteiger partial charge >= 0.3 is 5.97 Å². The number of benzene rings is 2. The third-order valence-electron chi connectivity index (χ3n) is 6.32. The fraction of sp³-hybridized carbons (Fsp3) is 0.296. The standard InChI is InChI=1S/C27H26ClN5O6/c1-4-39-27(36)22-23(18-8-6-5-7-9-18)29-17(3)30-24(22)26(35)31-12-13-32(16(2)15-31)25(34)20-11-10-19(33(37)38)14-21(20)28/h5-11,14,16H,4,12-13,15H2,1-3H3. The Bertz CT molecular complexity index is 1450. The van der Waals surface area contributed by atoms with Gasteiger partial charge in [-0.1, -0.05) is 41.9 Å². The lowest BCUT2D eigenvalue weighted by atomic mass is 10.0. The summed E-state index contributed by atoms with van der Waals surface area (Å²) in [5.41, 5.74) is 0.793. The van der Waals surface area contributed by atoms with Crippen LogP contribution in [0.5, 0.6) is 0 Å². The van der Waals surface area contributed by atoms with Crippen molar-refractivity contribution in [3.63, 3.8) is 0 Å². The van der Waals surface area contributed by atoms with E-state index in [1.165, 1.54) is 17.0 Å². The second-order valence-electron chi connectivity index (χ2n) is 8.95. The summed E-state index contributed by atoms with van der Waals surface area (Å²) in [5, 5.41) is 11.0. The molecule has 1 saturated heterocycles. The number of esters is 1. The molecule has 0 saturated carbocycles. The normalized spacial score (nSPS) is 15.1. The Kier molecular flexibility index (Phi) is 8.20. The molecule has 1 aromatic heterocycles. The van der Waals surface area contributed by atoms with Crippen molar-refractivity contribution in [1.82, 2.24) is 19.8 Å². The van der Waals surface area contributed by atoms with E-state index in [1.807, 2.05) is 6.07 Å². The minimum Gasteiger partial charge on any atom is -0.462 e. The number of nitro benzene ring substituents is 1. The summed E-state index contributed by atoms with van der Waals surface area (Å²) in [7, 11) is 0. The number of amides is 2. The van der Waals surface area contributed by atoms with E-state index in [2.05, 4.69) is 9.97 Å².